The van der Waals surface area contributed by atoms with Gasteiger partial charge in [-0.3, -0.25) is 4.79 Å². The maximum Gasteiger partial charge on any atom is 0.340 e. The number of pyridine rings is 1. The number of halogens is 1. The zero-order valence-corrected chi connectivity index (χ0v) is 13.3. The molecule has 0 aliphatic heterocycles. The Labute approximate surface area is 138 Å². The average Bonchev–Trinajstić information content (AvgIpc) is 2.55. The highest BCUT2D eigenvalue weighted by Gasteiger charge is 2.19. The highest BCUT2D eigenvalue weighted by Crippen LogP contribution is 2.17. The number of benzene rings is 1. The molecular formula is C16H15ClN2O4. The van der Waals surface area contributed by atoms with E-state index in [-0.39, 0.29) is 10.7 Å². The van der Waals surface area contributed by atoms with Gasteiger partial charge in [0.25, 0.3) is 5.91 Å². The van der Waals surface area contributed by atoms with Crippen LogP contribution >= 0.6 is 11.6 Å². The molecule has 120 valence electrons. The van der Waals surface area contributed by atoms with Gasteiger partial charge in [-0.15, -0.1) is 0 Å². The molecule has 1 aromatic carbocycles. The van der Waals surface area contributed by atoms with E-state index in [4.69, 9.17) is 21.1 Å². The number of carbonyl (C=O) groups is 2. The van der Waals surface area contributed by atoms with E-state index in [0.29, 0.717) is 11.4 Å². The quantitative estimate of drug-likeness (QED) is 0.672. The Morgan fingerprint density at radius 3 is 2.70 bits per heavy atom. The van der Waals surface area contributed by atoms with Gasteiger partial charge >= 0.3 is 5.97 Å². The zero-order valence-electron chi connectivity index (χ0n) is 12.6. The van der Waals surface area contributed by atoms with Crippen LogP contribution in [0.3, 0.4) is 0 Å². The lowest BCUT2D eigenvalue weighted by Gasteiger charge is -2.14. The number of nitrogens with one attached hydrogen (secondary N) is 1. The largest absolute Gasteiger partial charge is 0.497 e. The molecule has 1 atom stereocenters. The molecular weight excluding hydrogens is 320 g/mol. The van der Waals surface area contributed by atoms with Gasteiger partial charge in [0, 0.05) is 18.0 Å². The van der Waals surface area contributed by atoms with E-state index in [1.807, 2.05) is 0 Å². The van der Waals surface area contributed by atoms with Crippen molar-refractivity contribution >= 4 is 29.2 Å². The number of methoxy groups -OCH3 is 1. The Balaban J connectivity index is 1.96. The molecule has 0 bridgehead atoms. The molecule has 2 rings (SSSR count). The molecule has 1 heterocycles. The van der Waals surface area contributed by atoms with Crippen molar-refractivity contribution in [3.05, 3.63) is 53.3 Å². The summed E-state index contributed by atoms with van der Waals surface area (Å²) in [5.74, 6) is -0.490. The molecule has 0 spiro atoms. The lowest BCUT2D eigenvalue weighted by molar-refractivity contribution is -0.123. The van der Waals surface area contributed by atoms with E-state index >= 15 is 0 Å². The standard InChI is InChI=1S/C16H15ClN2O4/c1-10(23-16(21)11-6-7-14(17)18-9-11)15(20)19-12-4-3-5-13(8-12)22-2/h3-10H,1-2H3,(H,19,20)/t10-/m0/s1. The molecule has 0 aliphatic rings. The van der Waals surface area contributed by atoms with Crippen LogP contribution in [0.2, 0.25) is 5.15 Å². The Hall–Kier alpha value is -2.60. The summed E-state index contributed by atoms with van der Waals surface area (Å²) in [6, 6.07) is 9.81. The molecule has 0 unspecified atom stereocenters. The van der Waals surface area contributed by atoms with Gasteiger partial charge in [0.15, 0.2) is 6.10 Å². The first kappa shape index (κ1) is 16.8. The minimum Gasteiger partial charge on any atom is -0.497 e. The van der Waals surface area contributed by atoms with Crippen molar-refractivity contribution in [2.45, 2.75) is 13.0 Å². The number of carbonyl (C=O) groups excluding carboxylic acids is 2. The number of nitrogens with zero attached hydrogens (tertiary/aromatic N) is 1. The van der Waals surface area contributed by atoms with Gasteiger partial charge in [-0.25, -0.2) is 9.78 Å². The second-order valence-corrected chi connectivity index (χ2v) is 5.03. The highest BCUT2D eigenvalue weighted by molar-refractivity contribution is 6.29. The molecule has 1 aromatic heterocycles. The fourth-order valence-corrected chi connectivity index (χ4v) is 1.84. The van der Waals surface area contributed by atoms with E-state index in [0.717, 1.165) is 0 Å². The van der Waals surface area contributed by atoms with Gasteiger partial charge in [0.2, 0.25) is 0 Å². The Morgan fingerprint density at radius 2 is 2.04 bits per heavy atom. The molecule has 0 saturated heterocycles. The summed E-state index contributed by atoms with van der Waals surface area (Å²) >= 11 is 5.65. The normalized spacial score (nSPS) is 11.4. The van der Waals surface area contributed by atoms with Crippen molar-refractivity contribution in [3.63, 3.8) is 0 Å². The van der Waals surface area contributed by atoms with Crippen molar-refractivity contribution < 1.29 is 19.1 Å². The third-order valence-corrected chi connectivity index (χ3v) is 3.18. The summed E-state index contributed by atoms with van der Waals surface area (Å²) in [5, 5.41) is 2.92. The number of aromatic nitrogens is 1. The van der Waals surface area contributed by atoms with Crippen LogP contribution in [-0.2, 0) is 9.53 Å². The van der Waals surface area contributed by atoms with Crippen molar-refractivity contribution in [2.24, 2.45) is 0 Å². The van der Waals surface area contributed by atoms with Crippen molar-refractivity contribution in [1.82, 2.24) is 4.98 Å². The van der Waals surface area contributed by atoms with Crippen LogP contribution in [0.5, 0.6) is 5.75 Å². The maximum absolute atomic E-state index is 12.1. The smallest absolute Gasteiger partial charge is 0.340 e. The molecule has 0 aliphatic carbocycles. The molecule has 7 heteroatoms. The number of rotatable bonds is 5. The Kier molecular flexibility index (Phi) is 5.54. The summed E-state index contributed by atoms with van der Waals surface area (Å²) in [4.78, 5) is 27.8. The number of ether oxygens (including phenoxy) is 2. The summed E-state index contributed by atoms with van der Waals surface area (Å²) in [6.45, 7) is 1.48. The predicted molar refractivity (Wildman–Crippen MR) is 85.7 cm³/mol. The number of anilines is 1. The Bertz CT molecular complexity index is 703. The predicted octanol–water partition coefficient (Wildman–Crippen LogP) is 2.93. The first-order chi connectivity index (χ1) is 11.0. The summed E-state index contributed by atoms with van der Waals surface area (Å²) < 4.78 is 10.2. The number of hydrogen-bond acceptors (Lipinski definition) is 5. The van der Waals surface area contributed by atoms with Gasteiger partial charge < -0.3 is 14.8 Å². The lowest BCUT2D eigenvalue weighted by atomic mass is 10.2. The number of esters is 1. The molecule has 6 nitrogen and oxygen atoms in total. The highest BCUT2D eigenvalue weighted by atomic mass is 35.5. The lowest BCUT2D eigenvalue weighted by Crippen LogP contribution is -2.30. The first-order valence-electron chi connectivity index (χ1n) is 6.77. The third-order valence-electron chi connectivity index (χ3n) is 2.95. The van der Waals surface area contributed by atoms with E-state index in [9.17, 15) is 9.59 Å². The van der Waals surface area contributed by atoms with Crippen LogP contribution in [0, 0.1) is 0 Å². The topological polar surface area (TPSA) is 77.5 Å². The summed E-state index contributed by atoms with van der Waals surface area (Å²) in [7, 11) is 1.53. The second kappa shape index (κ2) is 7.60. The van der Waals surface area contributed by atoms with Crippen LogP contribution in [0.25, 0.3) is 0 Å². The van der Waals surface area contributed by atoms with E-state index < -0.39 is 18.0 Å². The molecule has 0 fully saturated rings. The van der Waals surface area contributed by atoms with Gasteiger partial charge in [-0.2, -0.15) is 0 Å². The number of hydrogen-bond donors (Lipinski definition) is 1. The molecule has 0 saturated carbocycles. The van der Waals surface area contributed by atoms with Crippen LogP contribution in [0.4, 0.5) is 5.69 Å². The van der Waals surface area contributed by atoms with Gasteiger partial charge in [0.1, 0.15) is 10.9 Å². The van der Waals surface area contributed by atoms with Crippen LogP contribution in [-0.4, -0.2) is 30.1 Å². The minimum atomic E-state index is -0.968. The van der Waals surface area contributed by atoms with Crippen molar-refractivity contribution in [2.75, 3.05) is 12.4 Å². The van der Waals surface area contributed by atoms with Crippen LogP contribution in [0.1, 0.15) is 17.3 Å². The van der Waals surface area contributed by atoms with Crippen molar-refractivity contribution in [3.8, 4) is 5.75 Å². The fourth-order valence-electron chi connectivity index (χ4n) is 1.72. The number of amides is 1. The summed E-state index contributed by atoms with van der Waals surface area (Å²) in [6.07, 6.45) is 0.321. The SMILES string of the molecule is COc1cccc(NC(=O)[C@H](C)OC(=O)c2ccc(Cl)nc2)c1. The third kappa shape index (κ3) is 4.69. The van der Waals surface area contributed by atoms with Gasteiger partial charge in [-0.1, -0.05) is 17.7 Å². The van der Waals surface area contributed by atoms with Crippen LogP contribution < -0.4 is 10.1 Å². The van der Waals surface area contributed by atoms with E-state index in [1.165, 1.54) is 32.4 Å². The average molecular weight is 335 g/mol. The van der Waals surface area contributed by atoms with E-state index in [1.54, 1.807) is 24.3 Å². The first-order valence-corrected chi connectivity index (χ1v) is 7.15. The molecule has 2 aromatic rings. The molecule has 1 N–H and O–H groups in total. The molecule has 23 heavy (non-hydrogen) atoms. The maximum atomic E-state index is 12.1. The van der Waals surface area contributed by atoms with Gasteiger partial charge in [0.05, 0.1) is 12.7 Å². The zero-order chi connectivity index (χ0) is 16.8. The fraction of sp³-hybridized carbons (Fsp3) is 0.188. The Morgan fingerprint density at radius 1 is 1.26 bits per heavy atom. The monoisotopic (exact) mass is 334 g/mol. The second-order valence-electron chi connectivity index (χ2n) is 4.64. The summed E-state index contributed by atoms with van der Waals surface area (Å²) in [5.41, 5.74) is 0.765. The molecule has 0 radical (unpaired) electrons. The minimum absolute atomic E-state index is 0.218. The molecule has 1 amide bonds. The van der Waals surface area contributed by atoms with Crippen molar-refractivity contribution in [1.29, 1.82) is 0 Å². The van der Waals surface area contributed by atoms with E-state index in [2.05, 4.69) is 10.3 Å². The van der Waals surface area contributed by atoms with Gasteiger partial charge in [-0.05, 0) is 31.2 Å². The van der Waals surface area contributed by atoms with Crippen LogP contribution in [0.15, 0.2) is 42.6 Å².